The van der Waals surface area contributed by atoms with Gasteiger partial charge in [0.2, 0.25) is 0 Å². The molecule has 0 saturated carbocycles. The topological polar surface area (TPSA) is 148 Å². The van der Waals surface area contributed by atoms with Crippen molar-refractivity contribution in [3.8, 4) is 0 Å². The van der Waals surface area contributed by atoms with E-state index in [0.717, 1.165) is 0 Å². The first kappa shape index (κ1) is 27.3. The first-order valence-corrected chi connectivity index (χ1v) is 12.1. The second-order valence-electron chi connectivity index (χ2n) is 9.12. The lowest BCUT2D eigenvalue weighted by atomic mass is 10.1. The Morgan fingerprint density at radius 2 is 1.77 bits per heavy atom. The van der Waals surface area contributed by atoms with Crippen molar-refractivity contribution in [1.82, 2.24) is 9.36 Å². The van der Waals surface area contributed by atoms with Crippen LogP contribution in [0.3, 0.4) is 0 Å². The number of carbonyl (C=O) groups excluding carboxylic acids is 4. The average Bonchev–Trinajstić information content (AvgIpc) is 3.30. The van der Waals surface area contributed by atoms with Crippen LogP contribution in [0, 0.1) is 5.82 Å². The van der Waals surface area contributed by atoms with Crippen LogP contribution in [-0.2, 0) is 32.2 Å². The highest BCUT2D eigenvalue weighted by Gasteiger charge is 2.33. The Kier molecular flexibility index (Phi) is 7.91. The molecule has 0 radical (unpaired) electrons. The molecule has 2 aliphatic heterocycles. The van der Waals surface area contributed by atoms with Gasteiger partial charge >= 0.3 is 18.2 Å². The molecule has 0 bridgehead atoms. The molecule has 1 atom stereocenters. The molecule has 2 aliphatic rings. The molecule has 2 aromatic carbocycles. The summed E-state index contributed by atoms with van der Waals surface area (Å²) in [4.78, 5) is 67.6. The number of cyclic esters (lactones) is 1. The highest BCUT2D eigenvalue weighted by molar-refractivity contribution is 6.02. The normalized spacial score (nSPS) is 16.6. The molecule has 12 nitrogen and oxygen atoms in total. The van der Waals surface area contributed by atoms with E-state index in [1.807, 2.05) is 0 Å². The summed E-state index contributed by atoms with van der Waals surface area (Å²) < 4.78 is 23.7. The quantitative estimate of drug-likeness (QED) is 0.497. The molecule has 39 heavy (non-hydrogen) atoms. The molecule has 1 N–H and O–H groups in total. The molecule has 0 unspecified atom stereocenters. The first-order chi connectivity index (χ1) is 18.7. The molecular weight excluding hydrogens is 515 g/mol. The van der Waals surface area contributed by atoms with Gasteiger partial charge in [0.1, 0.15) is 17.7 Å². The van der Waals surface area contributed by atoms with Crippen molar-refractivity contribution in [3.63, 3.8) is 0 Å². The number of carboxylic acids is 1. The summed E-state index contributed by atoms with van der Waals surface area (Å²) in [5.41, 5.74) is 0.811. The van der Waals surface area contributed by atoms with Gasteiger partial charge in [-0.15, -0.1) is 0 Å². The number of hydrogen-bond acceptors (Lipinski definition) is 8. The Morgan fingerprint density at radius 3 is 2.41 bits per heavy atom. The van der Waals surface area contributed by atoms with E-state index in [1.54, 1.807) is 33.8 Å². The van der Waals surface area contributed by atoms with Crippen LogP contribution in [0.5, 0.6) is 0 Å². The Hall–Kier alpha value is -4.77. The van der Waals surface area contributed by atoms with E-state index in [-0.39, 0.29) is 36.1 Å². The molecule has 1 fully saturated rings. The maximum atomic E-state index is 15.2. The largest absolute Gasteiger partial charge is 0.478 e. The SMILES string of the molecule is CC(=O)CC[C@H]1CN(c2ccc(N3CCn4c(=O)c5cccc(C(=O)O)c5n4CC3)c(F)c2)C(=O)O1.O=C=O. The summed E-state index contributed by atoms with van der Waals surface area (Å²) in [6.07, 6.45) is -0.0217. The van der Waals surface area contributed by atoms with Gasteiger partial charge < -0.3 is 19.5 Å². The lowest BCUT2D eigenvalue weighted by Crippen LogP contribution is -2.29. The predicted molar refractivity (Wildman–Crippen MR) is 134 cm³/mol. The molecule has 204 valence electrons. The lowest BCUT2D eigenvalue weighted by molar-refractivity contribution is -0.191. The maximum Gasteiger partial charge on any atom is 0.414 e. The van der Waals surface area contributed by atoms with E-state index < -0.39 is 24.0 Å². The second-order valence-corrected chi connectivity index (χ2v) is 9.12. The predicted octanol–water partition coefficient (Wildman–Crippen LogP) is 2.27. The number of ether oxygens (including phenoxy) is 1. The van der Waals surface area contributed by atoms with Gasteiger partial charge in [-0.2, -0.15) is 9.59 Å². The number of rotatable bonds is 6. The molecule has 5 rings (SSSR count). The number of halogens is 1. The minimum absolute atomic E-state index is 0.0125. The summed E-state index contributed by atoms with van der Waals surface area (Å²) in [5.74, 6) is -1.63. The zero-order valence-corrected chi connectivity index (χ0v) is 21.0. The van der Waals surface area contributed by atoms with Crippen LogP contribution >= 0.6 is 0 Å². The van der Waals surface area contributed by atoms with E-state index in [2.05, 4.69) is 0 Å². The van der Waals surface area contributed by atoms with Crippen LogP contribution in [0.1, 0.15) is 30.1 Å². The molecule has 13 heteroatoms. The van der Waals surface area contributed by atoms with Crippen LogP contribution in [-0.4, -0.2) is 64.2 Å². The number of anilines is 2. The molecule has 3 heterocycles. The fourth-order valence-corrected chi connectivity index (χ4v) is 4.94. The first-order valence-electron chi connectivity index (χ1n) is 12.1. The van der Waals surface area contributed by atoms with Crippen molar-refractivity contribution in [2.75, 3.05) is 29.4 Å². The summed E-state index contributed by atoms with van der Waals surface area (Å²) in [7, 11) is 0. The number of carboxylic acid groups (broad SMARTS) is 1. The fourth-order valence-electron chi connectivity index (χ4n) is 4.94. The van der Waals surface area contributed by atoms with Crippen molar-refractivity contribution in [2.45, 2.75) is 39.0 Å². The third-order valence-electron chi connectivity index (χ3n) is 6.72. The lowest BCUT2D eigenvalue weighted by Gasteiger charge is -2.24. The maximum absolute atomic E-state index is 15.2. The summed E-state index contributed by atoms with van der Waals surface area (Å²) in [5, 5.41) is 9.94. The number of Topliss-reactive ketones (excluding diaryl/α,β-unsaturated/α-hetero) is 1. The Labute approximate surface area is 220 Å². The van der Waals surface area contributed by atoms with Crippen LogP contribution in [0.15, 0.2) is 41.2 Å². The third-order valence-corrected chi connectivity index (χ3v) is 6.72. The fraction of sp³-hybridized carbons (Fsp3) is 0.346. The van der Waals surface area contributed by atoms with Crippen LogP contribution < -0.4 is 15.4 Å². The van der Waals surface area contributed by atoms with Crippen LogP contribution in [0.4, 0.5) is 20.6 Å². The summed E-state index contributed by atoms with van der Waals surface area (Å²) >= 11 is 0. The average molecular weight is 541 g/mol. The number of ketones is 1. The van der Waals surface area contributed by atoms with Gasteiger partial charge in [-0.3, -0.25) is 14.4 Å². The molecule has 1 saturated heterocycles. The zero-order chi connectivity index (χ0) is 28.3. The number of nitrogens with zero attached hydrogens (tertiary/aromatic N) is 4. The molecule has 0 aliphatic carbocycles. The minimum Gasteiger partial charge on any atom is -0.478 e. The molecular formula is C26H25FN4O8. The van der Waals surface area contributed by atoms with E-state index in [1.165, 1.54) is 28.6 Å². The van der Waals surface area contributed by atoms with Crippen molar-refractivity contribution in [3.05, 3.63) is 58.1 Å². The number of carbonyl (C=O) groups is 3. The second kappa shape index (κ2) is 11.3. The van der Waals surface area contributed by atoms with Gasteiger partial charge in [0.25, 0.3) is 5.56 Å². The van der Waals surface area contributed by atoms with Gasteiger partial charge in [-0.05, 0) is 43.7 Å². The number of benzene rings is 2. The number of para-hydroxylation sites is 1. The Morgan fingerprint density at radius 1 is 1.08 bits per heavy atom. The van der Waals surface area contributed by atoms with E-state index >= 15 is 4.39 Å². The minimum atomic E-state index is -1.12. The van der Waals surface area contributed by atoms with Gasteiger partial charge in [-0.25, -0.2) is 18.7 Å². The number of aromatic nitrogens is 2. The van der Waals surface area contributed by atoms with Crippen molar-refractivity contribution >= 4 is 46.3 Å². The monoisotopic (exact) mass is 540 g/mol. The van der Waals surface area contributed by atoms with Crippen molar-refractivity contribution in [1.29, 1.82) is 0 Å². The number of aromatic carboxylic acids is 1. The van der Waals surface area contributed by atoms with Gasteiger partial charge in [0, 0.05) is 19.5 Å². The van der Waals surface area contributed by atoms with E-state index in [0.29, 0.717) is 54.8 Å². The van der Waals surface area contributed by atoms with E-state index in [4.69, 9.17) is 14.3 Å². The Bertz CT molecular complexity index is 1540. The van der Waals surface area contributed by atoms with E-state index in [9.17, 15) is 24.3 Å². The summed E-state index contributed by atoms with van der Waals surface area (Å²) in [6.45, 7) is 2.96. The molecule has 1 amide bonds. The molecule has 0 spiro atoms. The standard InChI is InChI=1S/C25H25FN4O6.CO2/c1-15(31)5-7-17-14-28(25(35)36-17)16-6-8-21(20(26)13-16)27-9-11-29-22-18(23(32)30(29)12-10-27)3-2-4-19(22)24(33)34;2-1-3/h2-4,6,8,13,17H,5,7,9-12,14H2,1H3,(H,33,34);/t17-;/m0./s1. The molecule has 3 aromatic rings. The van der Waals surface area contributed by atoms with Gasteiger partial charge in [-0.1, -0.05) is 6.07 Å². The highest BCUT2D eigenvalue weighted by atomic mass is 19.1. The third kappa shape index (κ3) is 5.43. The highest BCUT2D eigenvalue weighted by Crippen LogP contribution is 2.29. The number of amides is 1. The zero-order valence-electron chi connectivity index (χ0n) is 21.0. The smallest absolute Gasteiger partial charge is 0.414 e. The van der Waals surface area contributed by atoms with Crippen molar-refractivity contribution in [2.24, 2.45) is 0 Å². The van der Waals surface area contributed by atoms with Crippen molar-refractivity contribution < 1.29 is 38.2 Å². The summed E-state index contributed by atoms with van der Waals surface area (Å²) in [6, 6.07) is 9.14. The van der Waals surface area contributed by atoms with Crippen LogP contribution in [0.25, 0.3) is 10.9 Å². The number of hydrogen-bond donors (Lipinski definition) is 1. The van der Waals surface area contributed by atoms with Gasteiger partial charge in [0.05, 0.1) is 47.5 Å². The molecule has 1 aromatic heterocycles. The number of fused-ring (bicyclic) bond motifs is 3. The van der Waals surface area contributed by atoms with Crippen LogP contribution in [0.2, 0.25) is 0 Å². The van der Waals surface area contributed by atoms with Gasteiger partial charge in [0.15, 0.2) is 0 Å². The Balaban J connectivity index is 0.00000112.